The Hall–Kier alpha value is -0.150. The molecule has 0 bridgehead atoms. The minimum atomic E-state index is -0.937. The molecule has 11 heavy (non-hydrogen) atoms. The van der Waals surface area contributed by atoms with Crippen LogP contribution < -0.4 is 5.32 Å². The average molecular weight is 160 g/mol. The normalized spacial score (nSPS) is 33.0. The van der Waals surface area contributed by atoms with Crippen LogP contribution in [0.4, 0.5) is 4.39 Å². The molecule has 1 fully saturated rings. The number of nitrogens with zero attached hydrogens (tertiary/aromatic N) is 1. The Balaban J connectivity index is 2.20. The topological polar surface area (TPSA) is 15.3 Å². The lowest BCUT2D eigenvalue weighted by atomic mass is 10.1. The number of likely N-dealkylation sites (N-methyl/N-ethyl adjacent to an activating group) is 1. The van der Waals surface area contributed by atoms with Gasteiger partial charge in [0, 0.05) is 26.2 Å². The lowest BCUT2D eigenvalue weighted by Crippen LogP contribution is -2.31. The maximum Gasteiger partial charge on any atom is 0.122 e. The summed E-state index contributed by atoms with van der Waals surface area (Å²) in [5.41, 5.74) is -0.937. The van der Waals surface area contributed by atoms with E-state index in [9.17, 15) is 4.39 Å². The van der Waals surface area contributed by atoms with E-state index in [1.807, 2.05) is 7.05 Å². The van der Waals surface area contributed by atoms with Crippen LogP contribution in [0.25, 0.3) is 0 Å². The number of nitrogens with one attached hydrogen (secondary N) is 1. The molecule has 1 aliphatic heterocycles. The summed E-state index contributed by atoms with van der Waals surface area (Å²) in [5, 5.41) is 3.06. The van der Waals surface area contributed by atoms with E-state index in [4.69, 9.17) is 0 Å². The second-order valence-electron chi connectivity index (χ2n) is 3.54. The molecule has 66 valence electrons. The average Bonchev–Trinajstić information content (AvgIpc) is 2.26. The summed E-state index contributed by atoms with van der Waals surface area (Å²) < 4.78 is 13.2. The largest absolute Gasteiger partial charge is 0.318 e. The Morgan fingerprint density at radius 2 is 2.36 bits per heavy atom. The van der Waals surface area contributed by atoms with E-state index >= 15 is 0 Å². The van der Waals surface area contributed by atoms with Gasteiger partial charge in [-0.2, -0.15) is 0 Å². The van der Waals surface area contributed by atoms with E-state index in [0.29, 0.717) is 13.0 Å². The van der Waals surface area contributed by atoms with Gasteiger partial charge in [-0.15, -0.1) is 0 Å². The second-order valence-corrected chi connectivity index (χ2v) is 3.54. The molecule has 0 amide bonds. The van der Waals surface area contributed by atoms with Crippen molar-refractivity contribution in [3.63, 3.8) is 0 Å². The van der Waals surface area contributed by atoms with E-state index < -0.39 is 5.67 Å². The Morgan fingerprint density at radius 3 is 2.82 bits per heavy atom. The molecule has 1 atom stereocenters. The first-order chi connectivity index (χ1) is 5.14. The summed E-state index contributed by atoms with van der Waals surface area (Å²) >= 11 is 0. The molecule has 1 rings (SSSR count). The van der Waals surface area contributed by atoms with Gasteiger partial charge in [-0.1, -0.05) is 0 Å². The molecule has 3 heteroatoms. The SMILES string of the molecule is CNCCN1CCC(C)(F)C1. The zero-order valence-corrected chi connectivity index (χ0v) is 7.36. The number of rotatable bonds is 3. The van der Waals surface area contributed by atoms with Crippen molar-refractivity contribution >= 4 is 0 Å². The number of halogens is 1. The highest BCUT2D eigenvalue weighted by Gasteiger charge is 2.32. The molecule has 0 aliphatic carbocycles. The first-order valence-corrected chi connectivity index (χ1v) is 4.20. The van der Waals surface area contributed by atoms with Gasteiger partial charge in [0.25, 0.3) is 0 Å². The van der Waals surface area contributed by atoms with Gasteiger partial charge < -0.3 is 5.32 Å². The lowest BCUT2D eigenvalue weighted by Gasteiger charge is -2.16. The highest BCUT2D eigenvalue weighted by atomic mass is 19.1. The van der Waals surface area contributed by atoms with Crippen molar-refractivity contribution < 1.29 is 4.39 Å². The van der Waals surface area contributed by atoms with E-state index in [1.165, 1.54) is 0 Å². The fraction of sp³-hybridized carbons (Fsp3) is 1.00. The first-order valence-electron chi connectivity index (χ1n) is 4.20. The summed E-state index contributed by atoms with van der Waals surface area (Å²) in [6.07, 6.45) is 0.691. The van der Waals surface area contributed by atoms with E-state index in [0.717, 1.165) is 19.6 Å². The van der Waals surface area contributed by atoms with E-state index in [1.54, 1.807) is 6.92 Å². The Labute approximate surface area is 67.8 Å². The highest BCUT2D eigenvalue weighted by Crippen LogP contribution is 2.23. The van der Waals surface area contributed by atoms with Crippen LogP contribution in [0, 0.1) is 0 Å². The third-order valence-corrected chi connectivity index (χ3v) is 2.18. The van der Waals surface area contributed by atoms with Crippen LogP contribution in [0.3, 0.4) is 0 Å². The van der Waals surface area contributed by atoms with Gasteiger partial charge in [-0.05, 0) is 20.4 Å². The summed E-state index contributed by atoms with van der Waals surface area (Å²) in [6, 6.07) is 0. The second kappa shape index (κ2) is 3.50. The zero-order valence-electron chi connectivity index (χ0n) is 7.36. The van der Waals surface area contributed by atoms with Crippen molar-refractivity contribution in [3.05, 3.63) is 0 Å². The number of alkyl halides is 1. The molecule has 1 aliphatic rings. The van der Waals surface area contributed by atoms with Crippen LogP contribution in [-0.4, -0.2) is 43.8 Å². The number of hydrogen-bond donors (Lipinski definition) is 1. The van der Waals surface area contributed by atoms with Crippen LogP contribution in [0.2, 0.25) is 0 Å². The van der Waals surface area contributed by atoms with Crippen molar-refractivity contribution in [1.29, 1.82) is 0 Å². The van der Waals surface area contributed by atoms with Crippen LogP contribution >= 0.6 is 0 Å². The van der Waals surface area contributed by atoms with Crippen molar-refractivity contribution in [2.45, 2.75) is 19.0 Å². The molecule has 0 aromatic heterocycles. The molecule has 0 radical (unpaired) electrons. The van der Waals surface area contributed by atoms with Crippen LogP contribution in [-0.2, 0) is 0 Å². The predicted molar refractivity (Wildman–Crippen MR) is 44.5 cm³/mol. The number of hydrogen-bond acceptors (Lipinski definition) is 2. The summed E-state index contributed by atoms with van der Waals surface area (Å²) in [7, 11) is 1.92. The van der Waals surface area contributed by atoms with Gasteiger partial charge >= 0.3 is 0 Å². The van der Waals surface area contributed by atoms with Gasteiger partial charge in [0.2, 0.25) is 0 Å². The summed E-state index contributed by atoms with van der Waals surface area (Å²) in [4.78, 5) is 2.16. The van der Waals surface area contributed by atoms with Crippen molar-refractivity contribution in [2.24, 2.45) is 0 Å². The van der Waals surface area contributed by atoms with Crippen LogP contribution in [0.15, 0.2) is 0 Å². The van der Waals surface area contributed by atoms with Crippen LogP contribution in [0.1, 0.15) is 13.3 Å². The summed E-state index contributed by atoms with van der Waals surface area (Å²) in [5.74, 6) is 0. The molecule has 1 heterocycles. The van der Waals surface area contributed by atoms with Crippen molar-refractivity contribution in [2.75, 3.05) is 33.2 Å². The highest BCUT2D eigenvalue weighted by molar-refractivity contribution is 4.86. The minimum Gasteiger partial charge on any atom is -0.318 e. The molecule has 1 saturated heterocycles. The third-order valence-electron chi connectivity index (χ3n) is 2.18. The van der Waals surface area contributed by atoms with Crippen molar-refractivity contribution in [3.8, 4) is 0 Å². The molecule has 1 N–H and O–H groups in total. The van der Waals surface area contributed by atoms with E-state index in [2.05, 4.69) is 10.2 Å². The maximum atomic E-state index is 13.2. The third kappa shape index (κ3) is 2.75. The Kier molecular flexibility index (Phi) is 2.84. The maximum absolute atomic E-state index is 13.2. The molecule has 0 spiro atoms. The van der Waals surface area contributed by atoms with Gasteiger partial charge in [-0.3, -0.25) is 4.90 Å². The van der Waals surface area contributed by atoms with Gasteiger partial charge in [0.1, 0.15) is 5.67 Å². The van der Waals surface area contributed by atoms with E-state index in [-0.39, 0.29) is 0 Å². The predicted octanol–water partition coefficient (Wildman–Crippen LogP) is 0.640. The van der Waals surface area contributed by atoms with Gasteiger partial charge in [-0.25, -0.2) is 4.39 Å². The van der Waals surface area contributed by atoms with Gasteiger partial charge in [0.15, 0.2) is 0 Å². The lowest BCUT2D eigenvalue weighted by molar-refractivity contribution is 0.189. The molecule has 0 saturated carbocycles. The standard InChI is InChI=1S/C8H17FN2/c1-8(9)3-5-11(7-8)6-4-10-2/h10H,3-7H2,1-2H3. The smallest absolute Gasteiger partial charge is 0.122 e. The molecule has 0 aromatic carbocycles. The minimum absolute atomic E-state index is 0.606. The molecular formula is C8H17FN2. The summed E-state index contributed by atoms with van der Waals surface area (Å²) in [6.45, 7) is 5.13. The molecule has 1 unspecified atom stereocenters. The number of likely N-dealkylation sites (tertiary alicyclic amines) is 1. The fourth-order valence-electron chi connectivity index (χ4n) is 1.48. The monoisotopic (exact) mass is 160 g/mol. The molecule has 0 aromatic rings. The fourth-order valence-corrected chi connectivity index (χ4v) is 1.48. The zero-order chi connectivity index (χ0) is 8.32. The Bertz CT molecular complexity index is 125. The van der Waals surface area contributed by atoms with Crippen LogP contribution in [0.5, 0.6) is 0 Å². The molecular weight excluding hydrogens is 143 g/mol. The Morgan fingerprint density at radius 1 is 1.64 bits per heavy atom. The first kappa shape index (κ1) is 8.94. The molecule has 2 nitrogen and oxygen atoms in total. The quantitative estimate of drug-likeness (QED) is 0.651. The van der Waals surface area contributed by atoms with Gasteiger partial charge in [0.05, 0.1) is 0 Å². The van der Waals surface area contributed by atoms with Crippen molar-refractivity contribution in [1.82, 2.24) is 10.2 Å².